The van der Waals surface area contributed by atoms with Crippen LogP contribution in [0.5, 0.6) is 0 Å². The predicted octanol–water partition coefficient (Wildman–Crippen LogP) is 4.52. The van der Waals surface area contributed by atoms with Gasteiger partial charge in [-0.2, -0.15) is 0 Å². The van der Waals surface area contributed by atoms with Gasteiger partial charge >= 0.3 is 0 Å². The number of thiophene rings is 1. The second kappa shape index (κ2) is 9.11. The average molecular weight is 457 g/mol. The first-order valence-corrected chi connectivity index (χ1v) is 11.3. The van der Waals surface area contributed by atoms with Gasteiger partial charge in [0, 0.05) is 35.6 Å². The fraction of sp³-hybridized carbons (Fsp3) is 0.120. The van der Waals surface area contributed by atoms with E-state index in [1.165, 1.54) is 17.5 Å². The topological polar surface area (TPSA) is 104 Å². The van der Waals surface area contributed by atoms with Crippen LogP contribution in [-0.2, 0) is 6.42 Å². The molecular formula is C25H21FN6S. The summed E-state index contributed by atoms with van der Waals surface area (Å²) in [6.07, 6.45) is 6.72. The lowest BCUT2D eigenvalue weighted by Crippen LogP contribution is -2.36. The maximum atomic E-state index is 14.6. The Hall–Kier alpha value is -3.59. The van der Waals surface area contributed by atoms with E-state index in [-0.39, 0.29) is 17.4 Å². The molecular weight excluding hydrogens is 435 g/mol. The number of hydrogen-bond acceptors (Lipinski definition) is 7. The van der Waals surface area contributed by atoms with Crippen molar-refractivity contribution >= 4 is 21.6 Å². The molecule has 0 saturated carbocycles. The number of fused-ring (bicyclic) bond motifs is 1. The van der Waals surface area contributed by atoms with Crippen molar-refractivity contribution in [1.29, 1.82) is 0 Å². The number of aromatic nitrogens is 4. The van der Waals surface area contributed by atoms with Gasteiger partial charge < -0.3 is 11.5 Å². The molecule has 4 N–H and O–H groups in total. The van der Waals surface area contributed by atoms with Gasteiger partial charge in [-0.25, -0.2) is 14.4 Å². The van der Waals surface area contributed by atoms with E-state index in [1.54, 1.807) is 18.5 Å². The molecule has 6 nitrogen and oxygen atoms in total. The maximum absolute atomic E-state index is 14.6. The molecule has 4 aromatic heterocycles. The molecule has 8 heteroatoms. The third-order valence-corrected chi connectivity index (χ3v) is 6.53. The van der Waals surface area contributed by atoms with Gasteiger partial charge in [0.15, 0.2) is 11.6 Å². The summed E-state index contributed by atoms with van der Waals surface area (Å²) in [7, 11) is 0. The summed E-state index contributed by atoms with van der Waals surface area (Å²) >= 11 is 1.51. The van der Waals surface area contributed by atoms with E-state index in [1.807, 2.05) is 47.8 Å². The van der Waals surface area contributed by atoms with Gasteiger partial charge in [-0.3, -0.25) is 9.97 Å². The fourth-order valence-corrected chi connectivity index (χ4v) is 4.85. The molecule has 0 amide bonds. The minimum atomic E-state index is -0.566. The highest BCUT2D eigenvalue weighted by atomic mass is 32.1. The first-order chi connectivity index (χ1) is 16.1. The third-order valence-electron chi connectivity index (χ3n) is 5.54. The van der Waals surface area contributed by atoms with Crippen LogP contribution in [0.1, 0.15) is 17.3 Å². The molecule has 0 aliphatic heterocycles. The van der Waals surface area contributed by atoms with Crippen molar-refractivity contribution in [1.82, 2.24) is 19.9 Å². The summed E-state index contributed by atoms with van der Waals surface area (Å²) in [4.78, 5) is 17.4. The molecule has 0 radical (unpaired) electrons. The van der Waals surface area contributed by atoms with Crippen LogP contribution in [0, 0.1) is 5.82 Å². The normalized spacial score (nSPS) is 13.2. The van der Waals surface area contributed by atoms with E-state index in [0.717, 1.165) is 27.6 Å². The molecule has 4 heterocycles. The summed E-state index contributed by atoms with van der Waals surface area (Å²) in [6, 6.07) is 14.4. The quantitative estimate of drug-likeness (QED) is 0.389. The van der Waals surface area contributed by atoms with Gasteiger partial charge in [0.05, 0.1) is 33.7 Å². The minimum absolute atomic E-state index is 0.258. The molecule has 1 aromatic carbocycles. The minimum Gasteiger partial charge on any atom is -0.326 e. The summed E-state index contributed by atoms with van der Waals surface area (Å²) in [5, 5.41) is 2.01. The largest absolute Gasteiger partial charge is 0.326 e. The molecule has 2 unspecified atom stereocenters. The zero-order valence-corrected chi connectivity index (χ0v) is 18.4. The molecule has 0 aliphatic carbocycles. The Labute approximate surface area is 194 Å². The SMILES string of the molecule is NC(Cc1ccccc1)C(N)c1nc(-c2ccncc2F)nc2c(-c3ccncc3)csc12. The van der Waals surface area contributed by atoms with E-state index < -0.39 is 11.9 Å². The average Bonchev–Trinajstić information content (AvgIpc) is 3.28. The van der Waals surface area contributed by atoms with Gasteiger partial charge in [0.2, 0.25) is 0 Å². The van der Waals surface area contributed by atoms with E-state index >= 15 is 0 Å². The van der Waals surface area contributed by atoms with E-state index in [9.17, 15) is 4.39 Å². The molecule has 0 fully saturated rings. The second-order valence-electron chi connectivity index (χ2n) is 7.73. The van der Waals surface area contributed by atoms with Gasteiger partial charge in [-0.05, 0) is 35.7 Å². The van der Waals surface area contributed by atoms with E-state index in [0.29, 0.717) is 17.6 Å². The lowest BCUT2D eigenvalue weighted by Gasteiger charge is -2.21. The highest BCUT2D eigenvalue weighted by Crippen LogP contribution is 2.37. The van der Waals surface area contributed by atoms with Crippen molar-refractivity contribution in [2.45, 2.75) is 18.5 Å². The maximum Gasteiger partial charge on any atom is 0.163 e. The number of pyridine rings is 2. The Balaban J connectivity index is 1.65. The summed E-state index contributed by atoms with van der Waals surface area (Å²) in [5.74, 6) is -0.237. The molecule has 5 aromatic rings. The molecule has 0 spiro atoms. The van der Waals surface area contributed by atoms with Crippen LogP contribution in [0.4, 0.5) is 4.39 Å². The Kier molecular flexibility index (Phi) is 5.87. The first-order valence-electron chi connectivity index (χ1n) is 10.5. The van der Waals surface area contributed by atoms with Crippen LogP contribution in [0.25, 0.3) is 32.7 Å². The Morgan fingerprint density at radius 3 is 2.39 bits per heavy atom. The van der Waals surface area contributed by atoms with Crippen LogP contribution in [0.3, 0.4) is 0 Å². The number of nitrogens with two attached hydrogens (primary N) is 2. The van der Waals surface area contributed by atoms with Gasteiger partial charge in [-0.15, -0.1) is 11.3 Å². The highest BCUT2D eigenvalue weighted by molar-refractivity contribution is 7.17. The Morgan fingerprint density at radius 1 is 0.879 bits per heavy atom. The molecule has 5 rings (SSSR count). The lowest BCUT2D eigenvalue weighted by molar-refractivity contribution is 0.536. The second-order valence-corrected chi connectivity index (χ2v) is 8.61. The molecule has 0 saturated heterocycles. The molecule has 2 atom stereocenters. The van der Waals surface area contributed by atoms with Crippen molar-refractivity contribution in [3.63, 3.8) is 0 Å². The molecule has 164 valence electrons. The smallest absolute Gasteiger partial charge is 0.163 e. The van der Waals surface area contributed by atoms with Crippen molar-refractivity contribution in [2.75, 3.05) is 0 Å². The van der Waals surface area contributed by atoms with Crippen molar-refractivity contribution in [3.8, 4) is 22.5 Å². The zero-order valence-electron chi connectivity index (χ0n) is 17.6. The van der Waals surface area contributed by atoms with Crippen molar-refractivity contribution in [3.05, 3.63) is 95.8 Å². The van der Waals surface area contributed by atoms with Gasteiger partial charge in [-0.1, -0.05) is 30.3 Å². The van der Waals surface area contributed by atoms with Crippen molar-refractivity contribution < 1.29 is 4.39 Å². The summed E-state index contributed by atoms with van der Waals surface area (Å²) < 4.78 is 15.4. The number of halogens is 1. The van der Waals surface area contributed by atoms with Gasteiger partial charge in [0.1, 0.15) is 0 Å². The first kappa shape index (κ1) is 21.3. The van der Waals surface area contributed by atoms with Crippen LogP contribution >= 0.6 is 11.3 Å². The third kappa shape index (κ3) is 4.23. The standard InChI is InChI=1S/C25H21FN6S/c26-19-13-30-11-8-17(19)25-31-22-18(16-6-9-29-10-7-16)14-33-24(22)23(32-25)21(28)20(27)12-15-4-2-1-3-5-15/h1-11,13-14,20-21H,12,27-28H2. The van der Waals surface area contributed by atoms with Crippen LogP contribution in [-0.4, -0.2) is 26.0 Å². The van der Waals surface area contributed by atoms with Crippen molar-refractivity contribution in [2.24, 2.45) is 11.5 Å². The molecule has 0 aliphatic rings. The number of benzene rings is 1. The van der Waals surface area contributed by atoms with E-state index in [4.69, 9.17) is 21.4 Å². The summed E-state index contributed by atoms with van der Waals surface area (Å²) in [5.41, 5.74) is 17.8. The fourth-order valence-electron chi connectivity index (χ4n) is 3.80. The van der Waals surface area contributed by atoms with E-state index in [2.05, 4.69) is 9.97 Å². The monoisotopic (exact) mass is 456 g/mol. The van der Waals surface area contributed by atoms with Gasteiger partial charge in [0.25, 0.3) is 0 Å². The van der Waals surface area contributed by atoms with Crippen LogP contribution < -0.4 is 11.5 Å². The zero-order chi connectivity index (χ0) is 22.8. The molecule has 0 bridgehead atoms. The number of hydrogen-bond donors (Lipinski definition) is 2. The number of nitrogens with zero attached hydrogens (tertiary/aromatic N) is 4. The summed E-state index contributed by atoms with van der Waals surface area (Å²) in [6.45, 7) is 0. The highest BCUT2D eigenvalue weighted by Gasteiger charge is 2.24. The Bertz CT molecular complexity index is 1390. The van der Waals surface area contributed by atoms with Crippen LogP contribution in [0.2, 0.25) is 0 Å². The lowest BCUT2D eigenvalue weighted by atomic mass is 9.97. The Morgan fingerprint density at radius 2 is 1.64 bits per heavy atom. The van der Waals surface area contributed by atoms with Crippen LogP contribution in [0.15, 0.2) is 78.7 Å². The molecule has 33 heavy (non-hydrogen) atoms. The predicted molar refractivity (Wildman–Crippen MR) is 129 cm³/mol. The number of rotatable bonds is 6.